The highest BCUT2D eigenvalue weighted by molar-refractivity contribution is 9.11. The van der Waals surface area contributed by atoms with Crippen LogP contribution in [0, 0.1) is 0 Å². The largest absolute Gasteiger partial charge is 0.382 e. The first kappa shape index (κ1) is 20.4. The van der Waals surface area contributed by atoms with Crippen molar-refractivity contribution in [2.24, 2.45) is 5.14 Å². The Kier molecular flexibility index (Phi) is 5.96. The third-order valence-corrected chi connectivity index (χ3v) is 7.72. The second-order valence-corrected chi connectivity index (χ2v) is 11.2. The Bertz CT molecular complexity index is 1090. The summed E-state index contributed by atoms with van der Waals surface area (Å²) >= 11 is 5.26. The van der Waals surface area contributed by atoms with Gasteiger partial charge in [-0.3, -0.25) is 0 Å². The molecule has 0 atom stereocenters. The molecule has 1 aliphatic rings. The van der Waals surface area contributed by atoms with E-state index in [0.717, 1.165) is 41.1 Å². The number of sulfonamides is 1. The average molecular weight is 492 g/mol. The van der Waals surface area contributed by atoms with Crippen LogP contribution in [0.15, 0.2) is 69.3 Å². The molecule has 152 valence electrons. The summed E-state index contributed by atoms with van der Waals surface area (Å²) in [4.78, 5) is 3.68. The van der Waals surface area contributed by atoms with Gasteiger partial charge in [-0.1, -0.05) is 12.1 Å². The van der Waals surface area contributed by atoms with Gasteiger partial charge >= 0.3 is 0 Å². The summed E-state index contributed by atoms with van der Waals surface area (Å²) in [6.45, 7) is 1.84. The number of nitrogens with one attached hydrogen (secondary N) is 1. The fourth-order valence-electron chi connectivity index (χ4n) is 3.60. The number of primary sulfonamides is 1. The molecule has 0 bridgehead atoms. The van der Waals surface area contributed by atoms with Crippen LogP contribution in [-0.4, -0.2) is 27.5 Å². The van der Waals surface area contributed by atoms with Crippen molar-refractivity contribution in [3.05, 3.63) is 64.5 Å². The predicted molar refractivity (Wildman–Crippen MR) is 124 cm³/mol. The van der Waals surface area contributed by atoms with Crippen molar-refractivity contribution in [3.63, 3.8) is 0 Å². The van der Waals surface area contributed by atoms with Gasteiger partial charge in [-0.15, -0.1) is 11.3 Å². The Labute approximate surface area is 183 Å². The minimum atomic E-state index is -3.65. The van der Waals surface area contributed by atoms with E-state index in [0.29, 0.717) is 6.04 Å². The van der Waals surface area contributed by atoms with Crippen molar-refractivity contribution in [1.82, 2.24) is 0 Å². The Hall–Kier alpha value is -1.87. The zero-order valence-corrected chi connectivity index (χ0v) is 18.9. The van der Waals surface area contributed by atoms with Crippen LogP contribution >= 0.6 is 27.3 Å². The second-order valence-electron chi connectivity index (χ2n) is 7.13. The summed E-state index contributed by atoms with van der Waals surface area (Å²) in [6.07, 6.45) is 2.04. The van der Waals surface area contributed by atoms with Crippen LogP contribution in [0.5, 0.6) is 0 Å². The standard InChI is InChI=1S/C21H22BrN3O2S2/c22-21-9-8-20(28-21)15-2-1-3-17(14-15)24-16-10-12-25(13-11-16)18-4-6-19(7-5-18)29(23,26)27/h1-9,14,16,24H,10-13H2,(H2,23,26,27). The number of benzene rings is 2. The molecular weight excluding hydrogens is 470 g/mol. The molecule has 8 heteroatoms. The second kappa shape index (κ2) is 8.47. The minimum Gasteiger partial charge on any atom is -0.382 e. The van der Waals surface area contributed by atoms with E-state index in [1.807, 2.05) is 12.1 Å². The first-order chi connectivity index (χ1) is 13.9. The molecule has 0 radical (unpaired) electrons. The van der Waals surface area contributed by atoms with Gasteiger partial charge in [-0.05, 0) is 82.9 Å². The number of piperidine rings is 1. The van der Waals surface area contributed by atoms with Crippen LogP contribution in [0.25, 0.3) is 10.4 Å². The molecule has 2 heterocycles. The van der Waals surface area contributed by atoms with E-state index in [-0.39, 0.29) is 4.90 Å². The highest BCUT2D eigenvalue weighted by Gasteiger charge is 2.20. The molecule has 1 aromatic heterocycles. The topological polar surface area (TPSA) is 75.4 Å². The number of nitrogens with zero attached hydrogens (tertiary/aromatic N) is 1. The van der Waals surface area contributed by atoms with Gasteiger partial charge in [0, 0.05) is 35.4 Å². The normalized spacial score (nSPS) is 15.4. The molecule has 1 aliphatic heterocycles. The zero-order valence-electron chi connectivity index (χ0n) is 15.7. The van der Waals surface area contributed by atoms with Gasteiger partial charge in [0.05, 0.1) is 8.68 Å². The number of anilines is 2. The van der Waals surface area contributed by atoms with Gasteiger partial charge in [0.15, 0.2) is 0 Å². The van der Waals surface area contributed by atoms with E-state index in [1.165, 1.54) is 10.4 Å². The lowest BCUT2D eigenvalue weighted by molar-refractivity contribution is 0.526. The van der Waals surface area contributed by atoms with Crippen LogP contribution in [0.3, 0.4) is 0 Å². The summed E-state index contributed by atoms with van der Waals surface area (Å²) in [7, 11) is -3.65. The summed E-state index contributed by atoms with van der Waals surface area (Å²) in [5.41, 5.74) is 3.39. The van der Waals surface area contributed by atoms with E-state index in [2.05, 4.69) is 62.5 Å². The molecule has 0 saturated carbocycles. The minimum absolute atomic E-state index is 0.149. The van der Waals surface area contributed by atoms with Gasteiger partial charge < -0.3 is 10.2 Å². The van der Waals surface area contributed by atoms with Crippen molar-refractivity contribution >= 4 is 48.7 Å². The number of halogens is 1. The molecule has 1 fully saturated rings. The molecule has 5 nitrogen and oxygen atoms in total. The Balaban J connectivity index is 1.37. The molecule has 0 unspecified atom stereocenters. The van der Waals surface area contributed by atoms with Crippen molar-refractivity contribution in [3.8, 4) is 10.4 Å². The maximum Gasteiger partial charge on any atom is 0.238 e. The molecule has 0 spiro atoms. The van der Waals surface area contributed by atoms with E-state index < -0.39 is 10.0 Å². The molecule has 0 amide bonds. The summed E-state index contributed by atoms with van der Waals surface area (Å²) in [5, 5.41) is 8.84. The van der Waals surface area contributed by atoms with E-state index in [1.54, 1.807) is 23.5 Å². The number of hydrogen-bond donors (Lipinski definition) is 2. The predicted octanol–water partition coefficient (Wildman–Crippen LogP) is 4.91. The van der Waals surface area contributed by atoms with Crippen molar-refractivity contribution in [1.29, 1.82) is 0 Å². The molecule has 1 saturated heterocycles. The van der Waals surface area contributed by atoms with Gasteiger partial charge in [0.1, 0.15) is 0 Å². The van der Waals surface area contributed by atoms with E-state index in [9.17, 15) is 8.42 Å². The Morgan fingerprint density at radius 2 is 1.76 bits per heavy atom. The summed E-state index contributed by atoms with van der Waals surface area (Å²) in [5.74, 6) is 0. The van der Waals surface area contributed by atoms with E-state index in [4.69, 9.17) is 5.14 Å². The smallest absolute Gasteiger partial charge is 0.238 e. The number of hydrogen-bond acceptors (Lipinski definition) is 5. The van der Waals surface area contributed by atoms with Crippen LogP contribution in [0.1, 0.15) is 12.8 Å². The Morgan fingerprint density at radius 1 is 1.03 bits per heavy atom. The van der Waals surface area contributed by atoms with Gasteiger partial charge in [-0.2, -0.15) is 0 Å². The fraction of sp³-hybridized carbons (Fsp3) is 0.238. The third kappa shape index (κ3) is 5.01. The molecule has 3 aromatic rings. The number of nitrogens with two attached hydrogens (primary N) is 1. The molecular formula is C21H22BrN3O2S2. The lowest BCUT2D eigenvalue weighted by atomic mass is 10.0. The fourth-order valence-corrected chi connectivity index (χ4v) is 5.49. The van der Waals surface area contributed by atoms with Crippen LogP contribution < -0.4 is 15.4 Å². The highest BCUT2D eigenvalue weighted by Crippen LogP contribution is 2.33. The van der Waals surface area contributed by atoms with Crippen LogP contribution in [0.4, 0.5) is 11.4 Å². The summed E-state index contributed by atoms with van der Waals surface area (Å²) < 4.78 is 23.9. The van der Waals surface area contributed by atoms with Gasteiger partial charge in [-0.25, -0.2) is 13.6 Å². The first-order valence-corrected chi connectivity index (χ1v) is 12.5. The van der Waals surface area contributed by atoms with Crippen LogP contribution in [-0.2, 0) is 10.0 Å². The number of thiophene rings is 1. The zero-order chi connectivity index (χ0) is 20.4. The van der Waals surface area contributed by atoms with Crippen molar-refractivity contribution in [2.75, 3.05) is 23.3 Å². The molecule has 0 aliphatic carbocycles. The molecule has 3 N–H and O–H groups in total. The highest BCUT2D eigenvalue weighted by atomic mass is 79.9. The molecule has 2 aromatic carbocycles. The first-order valence-electron chi connectivity index (χ1n) is 9.39. The quantitative estimate of drug-likeness (QED) is 0.531. The maximum absolute atomic E-state index is 11.4. The number of rotatable bonds is 5. The molecule has 4 rings (SSSR count). The average Bonchev–Trinajstić information content (AvgIpc) is 3.15. The van der Waals surface area contributed by atoms with Crippen LogP contribution in [0.2, 0.25) is 0 Å². The van der Waals surface area contributed by atoms with E-state index >= 15 is 0 Å². The lowest BCUT2D eigenvalue weighted by Crippen LogP contribution is -2.39. The van der Waals surface area contributed by atoms with Crippen molar-refractivity contribution in [2.45, 2.75) is 23.8 Å². The lowest BCUT2D eigenvalue weighted by Gasteiger charge is -2.34. The SMILES string of the molecule is NS(=O)(=O)c1ccc(N2CCC(Nc3cccc(-c4ccc(Br)s4)c3)CC2)cc1. The third-order valence-electron chi connectivity index (χ3n) is 5.12. The Morgan fingerprint density at radius 3 is 2.38 bits per heavy atom. The van der Waals surface area contributed by atoms with Gasteiger partial charge in [0.25, 0.3) is 0 Å². The van der Waals surface area contributed by atoms with Gasteiger partial charge in [0.2, 0.25) is 10.0 Å². The van der Waals surface area contributed by atoms with Crippen molar-refractivity contribution < 1.29 is 8.42 Å². The molecule has 29 heavy (non-hydrogen) atoms. The maximum atomic E-state index is 11.4. The summed E-state index contributed by atoms with van der Waals surface area (Å²) in [6, 6.07) is 20.0. The monoisotopic (exact) mass is 491 g/mol.